The van der Waals surface area contributed by atoms with Crippen LogP contribution in [0, 0.1) is 6.92 Å². The first-order valence-electron chi connectivity index (χ1n) is 8.21. The maximum Gasteiger partial charge on any atom is 0.255 e. The minimum Gasteiger partial charge on any atom is -0.496 e. The van der Waals surface area contributed by atoms with Crippen LogP contribution in [0.1, 0.15) is 40.9 Å². The van der Waals surface area contributed by atoms with Crippen molar-refractivity contribution in [3.63, 3.8) is 0 Å². The van der Waals surface area contributed by atoms with Crippen LogP contribution in [-0.4, -0.2) is 27.2 Å². The van der Waals surface area contributed by atoms with Gasteiger partial charge in [0.25, 0.3) is 5.91 Å². The van der Waals surface area contributed by atoms with Crippen molar-refractivity contribution in [2.24, 2.45) is 0 Å². The SMILES string of the molecule is CCC(NC(=O)c1cc(OC)c(OC)cc1OC)c1ccc(C)cc1. The summed E-state index contributed by atoms with van der Waals surface area (Å²) >= 11 is 0. The number of carbonyl (C=O) groups excluding carboxylic acids is 1. The molecule has 2 rings (SSSR count). The van der Waals surface area contributed by atoms with E-state index in [1.165, 1.54) is 19.8 Å². The van der Waals surface area contributed by atoms with Gasteiger partial charge >= 0.3 is 0 Å². The number of amides is 1. The number of hydrogen-bond donors (Lipinski definition) is 1. The number of carbonyl (C=O) groups is 1. The Hall–Kier alpha value is -2.69. The lowest BCUT2D eigenvalue weighted by Crippen LogP contribution is -2.28. The molecule has 0 fully saturated rings. The monoisotopic (exact) mass is 343 g/mol. The first-order valence-corrected chi connectivity index (χ1v) is 8.21. The summed E-state index contributed by atoms with van der Waals surface area (Å²) < 4.78 is 15.9. The maximum atomic E-state index is 12.8. The van der Waals surface area contributed by atoms with Gasteiger partial charge < -0.3 is 19.5 Å². The fourth-order valence-corrected chi connectivity index (χ4v) is 2.66. The van der Waals surface area contributed by atoms with Gasteiger partial charge in [-0.25, -0.2) is 0 Å². The van der Waals surface area contributed by atoms with E-state index in [-0.39, 0.29) is 11.9 Å². The van der Waals surface area contributed by atoms with E-state index in [1.807, 2.05) is 38.1 Å². The lowest BCUT2D eigenvalue weighted by molar-refractivity contribution is 0.0932. The standard InChI is InChI=1S/C20H25NO4/c1-6-16(14-9-7-13(2)8-10-14)21-20(22)15-11-18(24-4)19(25-5)12-17(15)23-3/h7-12,16H,6H2,1-5H3,(H,21,22). The maximum absolute atomic E-state index is 12.8. The van der Waals surface area contributed by atoms with E-state index in [2.05, 4.69) is 5.32 Å². The topological polar surface area (TPSA) is 56.8 Å². The van der Waals surface area contributed by atoms with Crippen molar-refractivity contribution in [3.05, 3.63) is 53.1 Å². The van der Waals surface area contributed by atoms with Crippen LogP contribution in [-0.2, 0) is 0 Å². The van der Waals surface area contributed by atoms with Crippen LogP contribution in [0.3, 0.4) is 0 Å². The Morgan fingerprint density at radius 1 is 0.960 bits per heavy atom. The van der Waals surface area contributed by atoms with Crippen molar-refractivity contribution >= 4 is 5.91 Å². The molecule has 0 bridgehead atoms. The third-order valence-corrected chi connectivity index (χ3v) is 4.14. The Labute approximate surface area is 148 Å². The molecule has 0 radical (unpaired) electrons. The van der Waals surface area contributed by atoms with Crippen molar-refractivity contribution in [2.75, 3.05) is 21.3 Å². The highest BCUT2D eigenvalue weighted by atomic mass is 16.5. The van der Waals surface area contributed by atoms with Crippen LogP contribution < -0.4 is 19.5 Å². The van der Waals surface area contributed by atoms with Gasteiger partial charge in [-0.2, -0.15) is 0 Å². The zero-order chi connectivity index (χ0) is 18.4. The molecule has 0 heterocycles. The van der Waals surface area contributed by atoms with Crippen LogP contribution in [0.15, 0.2) is 36.4 Å². The summed E-state index contributed by atoms with van der Waals surface area (Å²) in [6.07, 6.45) is 0.782. The minimum atomic E-state index is -0.217. The molecule has 0 aliphatic rings. The van der Waals surface area contributed by atoms with Crippen molar-refractivity contribution in [1.29, 1.82) is 0 Å². The van der Waals surface area contributed by atoms with Crippen LogP contribution >= 0.6 is 0 Å². The number of rotatable bonds is 7. The van der Waals surface area contributed by atoms with Crippen LogP contribution in [0.25, 0.3) is 0 Å². The molecule has 0 aromatic heterocycles. The highest BCUT2D eigenvalue weighted by Crippen LogP contribution is 2.35. The average molecular weight is 343 g/mol. The summed E-state index contributed by atoms with van der Waals surface area (Å²) in [5, 5.41) is 3.07. The number of hydrogen-bond acceptors (Lipinski definition) is 4. The van der Waals surface area contributed by atoms with E-state index in [1.54, 1.807) is 19.2 Å². The Balaban J connectivity index is 2.31. The molecule has 25 heavy (non-hydrogen) atoms. The second-order valence-corrected chi connectivity index (χ2v) is 5.75. The molecule has 0 aliphatic heterocycles. The number of aryl methyl sites for hydroxylation is 1. The zero-order valence-corrected chi connectivity index (χ0v) is 15.4. The van der Waals surface area contributed by atoms with E-state index >= 15 is 0 Å². The van der Waals surface area contributed by atoms with Crippen molar-refractivity contribution in [3.8, 4) is 17.2 Å². The summed E-state index contributed by atoms with van der Waals surface area (Å²) in [7, 11) is 4.60. The van der Waals surface area contributed by atoms with E-state index in [0.717, 1.165) is 12.0 Å². The van der Waals surface area contributed by atoms with E-state index in [9.17, 15) is 4.79 Å². The number of ether oxygens (including phenoxy) is 3. The fourth-order valence-electron chi connectivity index (χ4n) is 2.66. The van der Waals surface area contributed by atoms with Gasteiger partial charge in [-0.15, -0.1) is 0 Å². The zero-order valence-electron chi connectivity index (χ0n) is 15.4. The van der Waals surface area contributed by atoms with Crippen molar-refractivity contribution < 1.29 is 19.0 Å². The van der Waals surface area contributed by atoms with Crippen LogP contribution in [0.2, 0.25) is 0 Å². The van der Waals surface area contributed by atoms with Gasteiger partial charge in [0.1, 0.15) is 5.75 Å². The van der Waals surface area contributed by atoms with Crippen LogP contribution in [0.4, 0.5) is 0 Å². The van der Waals surface area contributed by atoms with Gasteiger partial charge in [0.2, 0.25) is 0 Å². The molecule has 5 heteroatoms. The van der Waals surface area contributed by atoms with Gasteiger partial charge in [0.05, 0.1) is 32.9 Å². The molecule has 134 valence electrons. The highest BCUT2D eigenvalue weighted by Gasteiger charge is 2.20. The third kappa shape index (κ3) is 4.24. The van der Waals surface area contributed by atoms with Gasteiger partial charge in [-0.1, -0.05) is 36.8 Å². The first-order chi connectivity index (χ1) is 12.0. The molecule has 0 saturated heterocycles. The van der Waals surface area contributed by atoms with Gasteiger partial charge in [-0.3, -0.25) is 4.79 Å². The molecule has 1 atom stereocenters. The third-order valence-electron chi connectivity index (χ3n) is 4.14. The molecule has 2 aromatic carbocycles. The Morgan fingerprint density at radius 3 is 2.04 bits per heavy atom. The second kappa shape index (κ2) is 8.42. The second-order valence-electron chi connectivity index (χ2n) is 5.75. The quantitative estimate of drug-likeness (QED) is 0.828. The first kappa shape index (κ1) is 18.6. The minimum absolute atomic E-state index is 0.0779. The van der Waals surface area contributed by atoms with Crippen molar-refractivity contribution in [1.82, 2.24) is 5.32 Å². The van der Waals surface area contributed by atoms with E-state index in [4.69, 9.17) is 14.2 Å². The summed E-state index contributed by atoms with van der Waals surface area (Å²) in [4.78, 5) is 12.8. The molecule has 1 amide bonds. The Bertz CT molecular complexity index is 725. The van der Waals surface area contributed by atoms with Gasteiger partial charge in [0.15, 0.2) is 11.5 Å². The molecule has 0 spiro atoms. The summed E-state index contributed by atoms with van der Waals surface area (Å²) in [5.74, 6) is 1.22. The molecule has 0 aliphatic carbocycles. The Morgan fingerprint density at radius 2 is 1.52 bits per heavy atom. The fraction of sp³-hybridized carbons (Fsp3) is 0.350. The molecular formula is C20H25NO4. The lowest BCUT2D eigenvalue weighted by Gasteiger charge is -2.19. The predicted molar refractivity (Wildman–Crippen MR) is 97.8 cm³/mol. The molecule has 0 saturated carbocycles. The number of methoxy groups -OCH3 is 3. The Kier molecular flexibility index (Phi) is 6.28. The lowest BCUT2D eigenvalue weighted by atomic mass is 10.0. The molecule has 1 N–H and O–H groups in total. The molecule has 1 unspecified atom stereocenters. The largest absolute Gasteiger partial charge is 0.496 e. The normalized spacial score (nSPS) is 11.6. The van der Waals surface area contributed by atoms with E-state index in [0.29, 0.717) is 22.8 Å². The van der Waals surface area contributed by atoms with Crippen LogP contribution in [0.5, 0.6) is 17.2 Å². The van der Waals surface area contributed by atoms with E-state index < -0.39 is 0 Å². The van der Waals surface area contributed by atoms with Gasteiger partial charge in [0, 0.05) is 12.1 Å². The molecule has 2 aromatic rings. The smallest absolute Gasteiger partial charge is 0.255 e. The summed E-state index contributed by atoms with van der Waals surface area (Å²) in [6, 6.07) is 11.4. The highest BCUT2D eigenvalue weighted by molar-refractivity contribution is 5.98. The van der Waals surface area contributed by atoms with Gasteiger partial charge in [-0.05, 0) is 18.9 Å². The molecule has 5 nitrogen and oxygen atoms in total. The summed E-state index contributed by atoms with van der Waals surface area (Å²) in [5.41, 5.74) is 2.66. The average Bonchev–Trinajstić information content (AvgIpc) is 2.65. The molecular weight excluding hydrogens is 318 g/mol. The van der Waals surface area contributed by atoms with Crippen molar-refractivity contribution in [2.45, 2.75) is 26.3 Å². The summed E-state index contributed by atoms with van der Waals surface area (Å²) in [6.45, 7) is 4.08. The number of benzene rings is 2. The number of nitrogens with one attached hydrogen (secondary N) is 1. The predicted octanol–water partition coefficient (Wildman–Crippen LogP) is 3.90.